The van der Waals surface area contributed by atoms with Crippen LogP contribution in [0.3, 0.4) is 0 Å². The number of aryl methyl sites for hydroxylation is 2. The van der Waals surface area contributed by atoms with Crippen molar-refractivity contribution in [3.05, 3.63) is 58.7 Å². The van der Waals surface area contributed by atoms with Crippen LogP contribution in [-0.4, -0.2) is 30.7 Å². The fourth-order valence-corrected chi connectivity index (χ4v) is 2.45. The summed E-state index contributed by atoms with van der Waals surface area (Å²) in [4.78, 5) is 24.1. The Balaban J connectivity index is 2.30. The van der Waals surface area contributed by atoms with Gasteiger partial charge in [-0.2, -0.15) is 8.78 Å². The van der Waals surface area contributed by atoms with E-state index in [1.807, 2.05) is 13.8 Å². The molecule has 0 aliphatic carbocycles. The van der Waals surface area contributed by atoms with Crippen LogP contribution in [0.4, 0.5) is 8.78 Å². The van der Waals surface area contributed by atoms with Crippen LogP contribution in [0.15, 0.2) is 36.4 Å². The summed E-state index contributed by atoms with van der Waals surface area (Å²) >= 11 is 0. The molecule has 1 amide bonds. The Morgan fingerprint density at radius 2 is 1.74 bits per heavy atom. The summed E-state index contributed by atoms with van der Waals surface area (Å²) in [6.45, 7) is 0.617. The van der Waals surface area contributed by atoms with Crippen molar-refractivity contribution in [2.45, 2.75) is 26.5 Å². The molecule has 0 radical (unpaired) electrons. The third kappa shape index (κ3) is 4.93. The summed E-state index contributed by atoms with van der Waals surface area (Å²) in [6, 6.07) is 7.44. The second kappa shape index (κ2) is 8.48. The number of hydrogen-bond donors (Lipinski definition) is 2. The maximum atomic E-state index is 12.5. The minimum Gasteiger partial charge on any atom is -0.493 e. The monoisotopic (exact) mass is 379 g/mol. The molecule has 1 atom stereocenters. The van der Waals surface area contributed by atoms with Gasteiger partial charge in [-0.25, -0.2) is 4.79 Å². The highest BCUT2D eigenvalue weighted by molar-refractivity contribution is 5.97. The molecule has 8 heteroatoms. The Morgan fingerprint density at radius 3 is 2.30 bits per heavy atom. The first-order valence-electron chi connectivity index (χ1n) is 7.96. The van der Waals surface area contributed by atoms with Crippen molar-refractivity contribution in [1.29, 1.82) is 0 Å². The molecule has 2 rings (SSSR count). The van der Waals surface area contributed by atoms with Gasteiger partial charge < -0.3 is 19.9 Å². The van der Waals surface area contributed by atoms with E-state index in [1.165, 1.54) is 19.2 Å². The van der Waals surface area contributed by atoms with Crippen molar-refractivity contribution < 1.29 is 33.0 Å². The van der Waals surface area contributed by atoms with Crippen LogP contribution >= 0.6 is 0 Å². The van der Waals surface area contributed by atoms with Crippen molar-refractivity contribution in [2.75, 3.05) is 7.11 Å². The molecule has 0 aliphatic heterocycles. The lowest BCUT2D eigenvalue weighted by molar-refractivity contribution is -0.139. The minimum atomic E-state index is -3.10. The van der Waals surface area contributed by atoms with Gasteiger partial charge in [-0.3, -0.25) is 4.79 Å². The van der Waals surface area contributed by atoms with Crippen LogP contribution in [0.1, 0.15) is 33.1 Å². The lowest BCUT2D eigenvalue weighted by Gasteiger charge is -2.17. The fourth-order valence-electron chi connectivity index (χ4n) is 2.45. The van der Waals surface area contributed by atoms with Crippen molar-refractivity contribution in [1.82, 2.24) is 5.32 Å². The van der Waals surface area contributed by atoms with Gasteiger partial charge in [-0.15, -0.1) is 0 Å². The highest BCUT2D eigenvalue weighted by atomic mass is 19.3. The average Bonchev–Trinajstić information content (AvgIpc) is 2.61. The third-order valence-electron chi connectivity index (χ3n) is 4.03. The Hall–Kier alpha value is -3.16. The lowest BCUT2D eigenvalue weighted by atomic mass is 10.0. The van der Waals surface area contributed by atoms with Crippen molar-refractivity contribution in [3.8, 4) is 11.5 Å². The van der Waals surface area contributed by atoms with E-state index in [4.69, 9.17) is 4.74 Å². The molecule has 2 aromatic carbocycles. The number of carboxylic acid groups (broad SMARTS) is 1. The van der Waals surface area contributed by atoms with Crippen molar-refractivity contribution >= 4 is 11.9 Å². The number of halogens is 2. The first kappa shape index (κ1) is 20.2. The normalized spacial score (nSPS) is 11.8. The van der Waals surface area contributed by atoms with Gasteiger partial charge in [0.15, 0.2) is 17.5 Å². The summed E-state index contributed by atoms with van der Waals surface area (Å²) in [5.41, 5.74) is 2.22. The molecule has 0 saturated carbocycles. The predicted octanol–water partition coefficient (Wildman–Crippen LogP) is 3.47. The smallest absolute Gasteiger partial charge is 0.387 e. The van der Waals surface area contributed by atoms with E-state index >= 15 is 0 Å². The average molecular weight is 379 g/mol. The number of rotatable bonds is 7. The van der Waals surface area contributed by atoms with E-state index in [0.29, 0.717) is 5.56 Å². The van der Waals surface area contributed by atoms with Gasteiger partial charge in [0.05, 0.1) is 7.11 Å². The number of aliphatic carboxylic acids is 1. The van der Waals surface area contributed by atoms with Gasteiger partial charge in [-0.05, 0) is 48.7 Å². The molecule has 2 aromatic rings. The molecular formula is C19H19F2NO5. The number of methoxy groups -OCH3 is 1. The number of carbonyl (C=O) groups excluding carboxylic acids is 1. The van der Waals surface area contributed by atoms with Crippen LogP contribution in [-0.2, 0) is 4.79 Å². The number of benzene rings is 2. The topological polar surface area (TPSA) is 84.9 Å². The van der Waals surface area contributed by atoms with E-state index < -0.39 is 24.5 Å². The third-order valence-corrected chi connectivity index (χ3v) is 4.03. The zero-order valence-electron chi connectivity index (χ0n) is 15.0. The minimum absolute atomic E-state index is 0.0239. The maximum Gasteiger partial charge on any atom is 0.387 e. The summed E-state index contributed by atoms with van der Waals surface area (Å²) in [5.74, 6) is -2.29. The first-order chi connectivity index (χ1) is 12.7. The Bertz CT molecular complexity index is 854. The molecule has 0 fully saturated rings. The number of amides is 1. The summed E-state index contributed by atoms with van der Waals surface area (Å²) in [7, 11) is 1.27. The standard InChI is InChI=1S/C19H19F2NO5/c1-10-4-5-12(8-11(10)2)16(18(24)25)22-17(23)13-6-7-14(26-3)15(9-13)27-19(20)21/h4-9,16,19H,1-3H3,(H,22,23)(H,24,25). The quantitative estimate of drug-likeness (QED) is 0.770. The van der Waals surface area contributed by atoms with E-state index in [9.17, 15) is 23.5 Å². The Morgan fingerprint density at radius 1 is 1.04 bits per heavy atom. The molecule has 2 N–H and O–H groups in total. The van der Waals surface area contributed by atoms with Crippen molar-refractivity contribution in [3.63, 3.8) is 0 Å². The predicted molar refractivity (Wildman–Crippen MR) is 93.4 cm³/mol. The highest BCUT2D eigenvalue weighted by Crippen LogP contribution is 2.29. The molecule has 27 heavy (non-hydrogen) atoms. The van der Waals surface area contributed by atoms with Crippen LogP contribution in [0.5, 0.6) is 11.5 Å². The van der Waals surface area contributed by atoms with Crippen molar-refractivity contribution in [2.24, 2.45) is 0 Å². The number of ether oxygens (including phenoxy) is 2. The molecule has 0 heterocycles. The molecule has 0 saturated heterocycles. The number of carboxylic acids is 1. The number of carbonyl (C=O) groups is 2. The van der Waals surface area contributed by atoms with Gasteiger partial charge in [0.2, 0.25) is 0 Å². The zero-order valence-corrected chi connectivity index (χ0v) is 15.0. The van der Waals surface area contributed by atoms with Crippen LogP contribution in [0.2, 0.25) is 0 Å². The molecular weight excluding hydrogens is 360 g/mol. The largest absolute Gasteiger partial charge is 0.493 e. The molecule has 1 unspecified atom stereocenters. The van der Waals surface area contributed by atoms with Gasteiger partial charge in [0.1, 0.15) is 0 Å². The molecule has 0 spiro atoms. The molecule has 0 aromatic heterocycles. The zero-order chi connectivity index (χ0) is 20.1. The number of hydrogen-bond acceptors (Lipinski definition) is 4. The Kier molecular flexibility index (Phi) is 6.33. The van der Waals surface area contributed by atoms with E-state index in [1.54, 1.807) is 18.2 Å². The SMILES string of the molecule is COc1ccc(C(=O)NC(C(=O)O)c2ccc(C)c(C)c2)cc1OC(F)F. The molecule has 0 aliphatic rings. The van der Waals surface area contributed by atoms with E-state index in [2.05, 4.69) is 10.1 Å². The summed E-state index contributed by atoms with van der Waals surface area (Å²) in [6.07, 6.45) is 0. The number of alkyl halides is 2. The summed E-state index contributed by atoms with van der Waals surface area (Å²) < 4.78 is 34.3. The van der Waals surface area contributed by atoms with Crippen LogP contribution < -0.4 is 14.8 Å². The van der Waals surface area contributed by atoms with Crippen LogP contribution in [0, 0.1) is 13.8 Å². The second-order valence-electron chi connectivity index (χ2n) is 5.83. The van der Waals surface area contributed by atoms with Crippen LogP contribution in [0.25, 0.3) is 0 Å². The van der Waals surface area contributed by atoms with Gasteiger partial charge in [0.25, 0.3) is 5.91 Å². The van der Waals surface area contributed by atoms with Gasteiger partial charge in [0, 0.05) is 5.56 Å². The molecule has 0 bridgehead atoms. The maximum absolute atomic E-state index is 12.5. The van der Waals surface area contributed by atoms with E-state index in [-0.39, 0.29) is 17.1 Å². The highest BCUT2D eigenvalue weighted by Gasteiger charge is 2.24. The fraction of sp³-hybridized carbons (Fsp3) is 0.263. The lowest BCUT2D eigenvalue weighted by Crippen LogP contribution is -2.33. The van der Waals surface area contributed by atoms with E-state index in [0.717, 1.165) is 17.2 Å². The summed E-state index contributed by atoms with van der Waals surface area (Å²) in [5, 5.41) is 11.9. The molecule has 6 nitrogen and oxygen atoms in total. The van der Waals surface area contributed by atoms with Gasteiger partial charge >= 0.3 is 12.6 Å². The second-order valence-corrected chi connectivity index (χ2v) is 5.83. The Labute approximate surface area is 154 Å². The van der Waals surface area contributed by atoms with Gasteiger partial charge in [-0.1, -0.05) is 18.2 Å². The number of nitrogens with one attached hydrogen (secondary N) is 1. The molecule has 144 valence electrons. The first-order valence-corrected chi connectivity index (χ1v) is 7.96.